The lowest BCUT2D eigenvalue weighted by Crippen LogP contribution is -2.52. The highest BCUT2D eigenvalue weighted by Crippen LogP contribution is 2.28. The molecule has 3 rings (SSSR count). The second-order valence-corrected chi connectivity index (χ2v) is 7.84. The van der Waals surface area contributed by atoms with E-state index in [0.29, 0.717) is 5.69 Å². The number of carbonyl (C=O) groups excluding carboxylic acids is 2. The number of carbonyl (C=O) groups is 2. The molecule has 156 valence electrons. The maximum atomic E-state index is 13.0. The van der Waals surface area contributed by atoms with E-state index >= 15 is 0 Å². The van der Waals surface area contributed by atoms with E-state index in [4.69, 9.17) is 4.74 Å². The summed E-state index contributed by atoms with van der Waals surface area (Å²) in [7, 11) is 3.03. The third-order valence-corrected chi connectivity index (χ3v) is 5.87. The molecule has 0 saturated heterocycles. The Morgan fingerprint density at radius 2 is 1.87 bits per heavy atom. The fourth-order valence-electron chi connectivity index (χ4n) is 3.20. The van der Waals surface area contributed by atoms with Gasteiger partial charge in [0.15, 0.2) is 5.54 Å². The van der Waals surface area contributed by atoms with E-state index in [9.17, 15) is 9.59 Å². The topological polar surface area (TPSA) is 84.4 Å². The lowest BCUT2D eigenvalue weighted by atomic mass is 9.95. The van der Waals surface area contributed by atoms with Gasteiger partial charge in [0.25, 0.3) is 0 Å². The SMILES string of the molecule is COC(=O)C(C)(c1ccccn1)N(C)CC(=O)NC(c1ccccc1)c1nccs1. The smallest absolute Gasteiger partial charge is 0.332 e. The van der Waals surface area contributed by atoms with E-state index in [1.54, 1.807) is 49.5 Å². The molecule has 0 aliphatic carbocycles. The van der Waals surface area contributed by atoms with Crippen LogP contribution in [0.5, 0.6) is 0 Å². The monoisotopic (exact) mass is 424 g/mol. The van der Waals surface area contributed by atoms with Gasteiger partial charge < -0.3 is 10.1 Å². The number of likely N-dealkylation sites (N-methyl/N-ethyl adjacent to an activating group) is 1. The minimum absolute atomic E-state index is 0.0309. The zero-order chi connectivity index (χ0) is 21.6. The molecule has 0 spiro atoms. The van der Waals surface area contributed by atoms with Gasteiger partial charge in [-0.2, -0.15) is 0 Å². The number of esters is 1. The van der Waals surface area contributed by atoms with Crippen molar-refractivity contribution in [3.63, 3.8) is 0 Å². The predicted octanol–water partition coefficient (Wildman–Crippen LogP) is 2.76. The number of rotatable bonds is 8. The molecule has 8 heteroatoms. The second kappa shape index (κ2) is 9.60. The van der Waals surface area contributed by atoms with Crippen LogP contribution >= 0.6 is 11.3 Å². The van der Waals surface area contributed by atoms with Gasteiger partial charge in [-0.05, 0) is 31.7 Å². The molecule has 1 N–H and O–H groups in total. The fraction of sp³-hybridized carbons (Fsp3) is 0.273. The number of amides is 1. The molecule has 2 aromatic heterocycles. The Morgan fingerprint density at radius 3 is 2.47 bits per heavy atom. The molecule has 0 saturated carbocycles. The summed E-state index contributed by atoms with van der Waals surface area (Å²) < 4.78 is 5.02. The maximum absolute atomic E-state index is 13.0. The van der Waals surface area contributed by atoms with Gasteiger partial charge >= 0.3 is 5.97 Å². The van der Waals surface area contributed by atoms with E-state index in [0.717, 1.165) is 10.6 Å². The second-order valence-electron chi connectivity index (χ2n) is 6.92. The third-order valence-electron chi connectivity index (χ3n) is 5.03. The number of hydrogen-bond acceptors (Lipinski definition) is 7. The quantitative estimate of drug-likeness (QED) is 0.560. The molecule has 1 aromatic carbocycles. The number of pyridine rings is 1. The summed E-state index contributed by atoms with van der Waals surface area (Å²) in [4.78, 5) is 35.9. The van der Waals surface area contributed by atoms with Crippen molar-refractivity contribution >= 4 is 23.2 Å². The van der Waals surface area contributed by atoms with Crippen molar-refractivity contribution in [3.05, 3.63) is 82.6 Å². The minimum atomic E-state index is -1.21. The molecular weight excluding hydrogens is 400 g/mol. The number of ether oxygens (including phenoxy) is 1. The molecule has 1 amide bonds. The van der Waals surface area contributed by atoms with Crippen LogP contribution in [0.1, 0.15) is 29.2 Å². The van der Waals surface area contributed by atoms with Crippen LogP contribution in [0.15, 0.2) is 66.3 Å². The zero-order valence-electron chi connectivity index (χ0n) is 17.1. The van der Waals surface area contributed by atoms with Crippen molar-refractivity contribution in [2.24, 2.45) is 0 Å². The Bertz CT molecular complexity index is 967. The largest absolute Gasteiger partial charge is 0.467 e. The van der Waals surface area contributed by atoms with Crippen molar-refractivity contribution in [3.8, 4) is 0 Å². The summed E-state index contributed by atoms with van der Waals surface area (Å²) in [6.45, 7) is 1.67. The first-order valence-electron chi connectivity index (χ1n) is 9.41. The van der Waals surface area contributed by atoms with Gasteiger partial charge in [0.05, 0.1) is 19.3 Å². The van der Waals surface area contributed by atoms with E-state index in [1.807, 2.05) is 35.7 Å². The highest BCUT2D eigenvalue weighted by Gasteiger charge is 2.42. The number of methoxy groups -OCH3 is 1. The number of aromatic nitrogens is 2. The molecule has 30 heavy (non-hydrogen) atoms. The van der Waals surface area contributed by atoms with E-state index < -0.39 is 11.5 Å². The van der Waals surface area contributed by atoms with Gasteiger partial charge in [-0.15, -0.1) is 11.3 Å². The van der Waals surface area contributed by atoms with Crippen molar-refractivity contribution < 1.29 is 14.3 Å². The number of hydrogen-bond donors (Lipinski definition) is 1. The van der Waals surface area contributed by atoms with Crippen LogP contribution in [0, 0.1) is 0 Å². The Balaban J connectivity index is 1.81. The van der Waals surface area contributed by atoms with Crippen LogP contribution in [0.3, 0.4) is 0 Å². The number of nitrogens with one attached hydrogen (secondary N) is 1. The average molecular weight is 425 g/mol. The van der Waals surface area contributed by atoms with Gasteiger partial charge in [0.2, 0.25) is 5.91 Å². The van der Waals surface area contributed by atoms with Gasteiger partial charge in [-0.1, -0.05) is 36.4 Å². The first-order chi connectivity index (χ1) is 14.5. The Morgan fingerprint density at radius 1 is 1.13 bits per heavy atom. The minimum Gasteiger partial charge on any atom is -0.467 e. The predicted molar refractivity (Wildman–Crippen MR) is 115 cm³/mol. The molecule has 0 bridgehead atoms. The van der Waals surface area contributed by atoms with Gasteiger partial charge in [-0.3, -0.25) is 14.7 Å². The highest BCUT2D eigenvalue weighted by atomic mass is 32.1. The highest BCUT2D eigenvalue weighted by molar-refractivity contribution is 7.09. The van der Waals surface area contributed by atoms with Crippen molar-refractivity contribution in [2.75, 3.05) is 20.7 Å². The van der Waals surface area contributed by atoms with Crippen molar-refractivity contribution in [2.45, 2.75) is 18.5 Å². The number of thiazole rings is 1. The van der Waals surface area contributed by atoms with Gasteiger partial charge in [0, 0.05) is 17.8 Å². The lowest BCUT2D eigenvalue weighted by Gasteiger charge is -2.35. The maximum Gasteiger partial charge on any atom is 0.332 e. The molecule has 0 aliphatic rings. The standard InChI is InChI=1S/C22H24N4O3S/c1-22(21(28)29-3,17-11-7-8-12-23-17)26(2)15-18(27)25-19(20-24-13-14-30-20)16-9-5-4-6-10-16/h4-14,19H,15H2,1-3H3,(H,25,27). The lowest BCUT2D eigenvalue weighted by molar-refractivity contribution is -0.155. The molecule has 3 aromatic rings. The molecule has 2 unspecified atom stereocenters. The summed E-state index contributed by atoms with van der Waals surface area (Å²) >= 11 is 1.47. The molecular formula is C22H24N4O3S. The summed E-state index contributed by atoms with van der Waals surface area (Å²) in [6.07, 6.45) is 3.32. The van der Waals surface area contributed by atoms with Crippen molar-refractivity contribution in [1.82, 2.24) is 20.2 Å². The van der Waals surface area contributed by atoms with Crippen LogP contribution in [-0.4, -0.2) is 47.4 Å². The molecule has 2 heterocycles. The van der Waals surface area contributed by atoms with Crippen LogP contribution in [-0.2, 0) is 19.9 Å². The molecule has 0 radical (unpaired) electrons. The zero-order valence-corrected chi connectivity index (χ0v) is 17.9. The Labute approximate surface area is 179 Å². The van der Waals surface area contributed by atoms with E-state index in [-0.39, 0.29) is 18.5 Å². The molecule has 2 atom stereocenters. The van der Waals surface area contributed by atoms with Crippen molar-refractivity contribution in [1.29, 1.82) is 0 Å². The summed E-state index contributed by atoms with van der Waals surface area (Å²) in [5.41, 5.74) is 0.229. The summed E-state index contributed by atoms with van der Waals surface area (Å²) in [5, 5.41) is 5.71. The molecule has 0 aliphatic heterocycles. The average Bonchev–Trinajstić information content (AvgIpc) is 3.32. The van der Waals surface area contributed by atoms with Gasteiger partial charge in [-0.25, -0.2) is 9.78 Å². The molecule has 7 nitrogen and oxygen atoms in total. The summed E-state index contributed by atoms with van der Waals surface area (Å²) in [6, 6.07) is 14.6. The van der Waals surface area contributed by atoms with E-state index in [2.05, 4.69) is 15.3 Å². The first kappa shape index (κ1) is 21.6. The Hall–Kier alpha value is -3.10. The van der Waals surface area contributed by atoms with E-state index in [1.165, 1.54) is 18.4 Å². The van der Waals surface area contributed by atoms with Crippen LogP contribution in [0.2, 0.25) is 0 Å². The van der Waals surface area contributed by atoms with Crippen LogP contribution < -0.4 is 5.32 Å². The third kappa shape index (κ3) is 4.55. The molecule has 0 fully saturated rings. The van der Waals surface area contributed by atoms with Gasteiger partial charge in [0.1, 0.15) is 11.0 Å². The number of nitrogens with zero attached hydrogens (tertiary/aromatic N) is 3. The van der Waals surface area contributed by atoms with Crippen LogP contribution in [0.4, 0.5) is 0 Å². The normalized spacial score (nSPS) is 14.0. The number of benzene rings is 1. The summed E-state index contributed by atoms with van der Waals surface area (Å²) in [5.74, 6) is -0.733. The first-order valence-corrected chi connectivity index (χ1v) is 10.3. The fourth-order valence-corrected chi connectivity index (χ4v) is 3.91. The Kier molecular flexibility index (Phi) is 6.91. The van der Waals surface area contributed by atoms with Crippen LogP contribution in [0.25, 0.3) is 0 Å².